The van der Waals surface area contributed by atoms with Crippen LogP contribution in [0.1, 0.15) is 36.9 Å². The summed E-state index contributed by atoms with van der Waals surface area (Å²) in [4.78, 5) is 0. The number of rotatable bonds is 6. The van der Waals surface area contributed by atoms with Crippen LogP contribution in [-0.4, -0.2) is 0 Å². The van der Waals surface area contributed by atoms with Crippen molar-refractivity contribution in [2.75, 3.05) is 5.32 Å². The second kappa shape index (κ2) is 7.35. The fraction of sp³-hybridized carbons (Fsp3) is 0.278. The first-order chi connectivity index (χ1) is 9.83. The first kappa shape index (κ1) is 14.1. The summed E-state index contributed by atoms with van der Waals surface area (Å²) in [5, 5.41) is 12.3. The highest BCUT2D eigenvalue weighted by molar-refractivity contribution is 5.47. The minimum Gasteiger partial charge on any atom is -0.378 e. The van der Waals surface area contributed by atoms with E-state index in [1.54, 1.807) is 0 Å². The fourth-order valence-corrected chi connectivity index (χ4v) is 2.31. The third-order valence-corrected chi connectivity index (χ3v) is 3.36. The molecule has 2 rings (SSSR count). The average molecular weight is 264 g/mol. The van der Waals surface area contributed by atoms with Crippen LogP contribution in [0.3, 0.4) is 0 Å². The Labute approximate surface area is 121 Å². The molecule has 2 nitrogen and oxygen atoms in total. The zero-order valence-corrected chi connectivity index (χ0v) is 11.8. The van der Waals surface area contributed by atoms with Crippen molar-refractivity contribution in [3.63, 3.8) is 0 Å². The highest BCUT2D eigenvalue weighted by Crippen LogP contribution is 2.24. The number of nitrogens with one attached hydrogen (secondary N) is 1. The third-order valence-electron chi connectivity index (χ3n) is 3.36. The average Bonchev–Trinajstić information content (AvgIpc) is 2.50. The molecule has 2 aromatic rings. The van der Waals surface area contributed by atoms with Crippen LogP contribution in [0.2, 0.25) is 0 Å². The largest absolute Gasteiger partial charge is 0.378 e. The number of hydrogen-bond acceptors (Lipinski definition) is 2. The van der Waals surface area contributed by atoms with E-state index in [0.717, 1.165) is 24.1 Å². The Kier molecular flexibility index (Phi) is 5.20. The van der Waals surface area contributed by atoms with Crippen molar-refractivity contribution >= 4 is 5.69 Å². The Balaban J connectivity index is 2.10. The smallest absolute Gasteiger partial charge is 0.0669 e. The molecule has 0 aliphatic rings. The number of anilines is 1. The summed E-state index contributed by atoms with van der Waals surface area (Å²) in [7, 11) is 0. The maximum absolute atomic E-state index is 8.69. The van der Waals surface area contributed by atoms with E-state index in [2.05, 4.69) is 54.7 Å². The highest BCUT2D eigenvalue weighted by Gasteiger charge is 2.09. The van der Waals surface area contributed by atoms with Gasteiger partial charge in [-0.05, 0) is 29.7 Å². The van der Waals surface area contributed by atoms with E-state index in [9.17, 15) is 0 Å². The summed E-state index contributed by atoms with van der Waals surface area (Å²) in [5.41, 5.74) is 3.48. The molecule has 102 valence electrons. The van der Waals surface area contributed by atoms with Gasteiger partial charge >= 0.3 is 0 Å². The van der Waals surface area contributed by atoms with Crippen molar-refractivity contribution in [3.05, 3.63) is 65.7 Å². The first-order valence-electron chi connectivity index (χ1n) is 7.11. The second-order valence-corrected chi connectivity index (χ2v) is 4.93. The van der Waals surface area contributed by atoms with Gasteiger partial charge in [0.2, 0.25) is 0 Å². The number of benzene rings is 2. The molecule has 2 aromatic carbocycles. The quantitative estimate of drug-likeness (QED) is 0.820. The molecule has 0 aliphatic carbocycles. The predicted octanol–water partition coefficient (Wildman–Crippen LogP) is 4.71. The molecule has 0 amide bonds. The lowest BCUT2D eigenvalue weighted by Gasteiger charge is -2.20. The molecule has 2 heteroatoms. The van der Waals surface area contributed by atoms with E-state index < -0.39 is 0 Å². The van der Waals surface area contributed by atoms with Crippen LogP contribution >= 0.6 is 0 Å². The number of hydrogen-bond donors (Lipinski definition) is 1. The third kappa shape index (κ3) is 3.86. The SMILES string of the molecule is CCCC(Nc1ccc(CC#N)cc1)c1ccccc1. The topological polar surface area (TPSA) is 35.8 Å². The van der Waals surface area contributed by atoms with E-state index in [-0.39, 0.29) is 0 Å². The molecule has 0 saturated carbocycles. The fourth-order valence-electron chi connectivity index (χ4n) is 2.31. The minimum atomic E-state index is 0.336. The van der Waals surface area contributed by atoms with Gasteiger partial charge in [0, 0.05) is 5.69 Å². The van der Waals surface area contributed by atoms with E-state index in [4.69, 9.17) is 5.26 Å². The Morgan fingerprint density at radius 2 is 1.75 bits per heavy atom. The lowest BCUT2D eigenvalue weighted by molar-refractivity contribution is 0.677. The van der Waals surface area contributed by atoms with Gasteiger partial charge in [0.15, 0.2) is 0 Å². The van der Waals surface area contributed by atoms with Crippen LogP contribution in [0.25, 0.3) is 0 Å². The van der Waals surface area contributed by atoms with Crippen LogP contribution in [-0.2, 0) is 6.42 Å². The van der Waals surface area contributed by atoms with E-state index >= 15 is 0 Å². The van der Waals surface area contributed by atoms with Crippen LogP contribution in [0.15, 0.2) is 54.6 Å². The van der Waals surface area contributed by atoms with Gasteiger partial charge in [0.1, 0.15) is 0 Å². The van der Waals surface area contributed by atoms with Crippen LogP contribution in [0.5, 0.6) is 0 Å². The molecular formula is C18H20N2. The molecular weight excluding hydrogens is 244 g/mol. The Morgan fingerprint density at radius 1 is 1.05 bits per heavy atom. The standard InChI is InChI=1S/C18H20N2/c1-2-6-18(16-7-4-3-5-8-16)20-17-11-9-15(10-12-17)13-14-19/h3-5,7-12,18,20H,2,6,13H2,1H3. The Morgan fingerprint density at radius 3 is 2.35 bits per heavy atom. The highest BCUT2D eigenvalue weighted by atomic mass is 14.9. The summed E-state index contributed by atoms with van der Waals surface area (Å²) in [6, 6.07) is 21.2. The molecule has 1 atom stereocenters. The summed E-state index contributed by atoms with van der Waals surface area (Å²) >= 11 is 0. The van der Waals surface area contributed by atoms with Crippen molar-refractivity contribution in [2.45, 2.75) is 32.2 Å². The predicted molar refractivity (Wildman–Crippen MR) is 83.5 cm³/mol. The van der Waals surface area contributed by atoms with Crippen LogP contribution in [0, 0.1) is 11.3 Å². The molecule has 0 spiro atoms. The molecule has 0 heterocycles. The van der Waals surface area contributed by atoms with Crippen molar-refractivity contribution in [1.29, 1.82) is 5.26 Å². The summed E-state index contributed by atoms with van der Waals surface area (Å²) in [6.45, 7) is 2.20. The number of nitrogens with zero attached hydrogens (tertiary/aromatic N) is 1. The number of nitriles is 1. The van der Waals surface area contributed by atoms with E-state index in [1.807, 2.05) is 18.2 Å². The van der Waals surface area contributed by atoms with Crippen molar-refractivity contribution in [3.8, 4) is 6.07 Å². The molecule has 0 fully saturated rings. The van der Waals surface area contributed by atoms with Gasteiger partial charge in [-0.15, -0.1) is 0 Å². The Hall–Kier alpha value is -2.27. The Bertz CT molecular complexity index is 552. The van der Waals surface area contributed by atoms with E-state index in [1.165, 1.54) is 5.56 Å². The van der Waals surface area contributed by atoms with Crippen LogP contribution in [0.4, 0.5) is 5.69 Å². The van der Waals surface area contributed by atoms with Gasteiger partial charge in [-0.1, -0.05) is 55.8 Å². The van der Waals surface area contributed by atoms with Gasteiger partial charge in [0.25, 0.3) is 0 Å². The minimum absolute atomic E-state index is 0.336. The summed E-state index contributed by atoms with van der Waals surface area (Å²) in [5.74, 6) is 0. The zero-order chi connectivity index (χ0) is 14.2. The normalized spacial score (nSPS) is 11.6. The summed E-state index contributed by atoms with van der Waals surface area (Å²) < 4.78 is 0. The first-order valence-corrected chi connectivity index (χ1v) is 7.11. The van der Waals surface area contributed by atoms with Gasteiger partial charge in [-0.2, -0.15) is 5.26 Å². The molecule has 0 radical (unpaired) electrons. The lowest BCUT2D eigenvalue weighted by Crippen LogP contribution is -2.10. The molecule has 0 aromatic heterocycles. The molecule has 0 aliphatic heterocycles. The van der Waals surface area contributed by atoms with Crippen molar-refractivity contribution in [1.82, 2.24) is 0 Å². The zero-order valence-electron chi connectivity index (χ0n) is 11.8. The monoisotopic (exact) mass is 264 g/mol. The lowest BCUT2D eigenvalue weighted by atomic mass is 10.0. The van der Waals surface area contributed by atoms with Crippen LogP contribution < -0.4 is 5.32 Å². The molecule has 20 heavy (non-hydrogen) atoms. The van der Waals surface area contributed by atoms with E-state index in [0.29, 0.717) is 12.5 Å². The molecule has 1 N–H and O–H groups in total. The molecule has 0 bridgehead atoms. The summed E-state index contributed by atoms with van der Waals surface area (Å²) in [6.07, 6.45) is 2.71. The van der Waals surface area contributed by atoms with Gasteiger partial charge in [0.05, 0.1) is 18.5 Å². The van der Waals surface area contributed by atoms with Gasteiger partial charge < -0.3 is 5.32 Å². The maximum Gasteiger partial charge on any atom is 0.0669 e. The van der Waals surface area contributed by atoms with Crippen molar-refractivity contribution in [2.24, 2.45) is 0 Å². The molecule has 1 unspecified atom stereocenters. The maximum atomic E-state index is 8.69. The van der Waals surface area contributed by atoms with Crippen molar-refractivity contribution < 1.29 is 0 Å². The molecule has 0 saturated heterocycles. The van der Waals surface area contributed by atoms with Gasteiger partial charge in [-0.25, -0.2) is 0 Å². The van der Waals surface area contributed by atoms with Gasteiger partial charge in [-0.3, -0.25) is 0 Å². The second-order valence-electron chi connectivity index (χ2n) is 4.93.